The molecule has 0 unspecified atom stereocenters. The molecule has 1 saturated carbocycles. The Morgan fingerprint density at radius 2 is 2.18 bits per heavy atom. The van der Waals surface area contributed by atoms with Crippen LogP contribution in [0, 0.1) is 0 Å². The molecule has 64 valence electrons. The first-order valence-electron chi connectivity index (χ1n) is 4.23. The summed E-state index contributed by atoms with van der Waals surface area (Å²) >= 11 is 0. The third-order valence-electron chi connectivity index (χ3n) is 2.85. The van der Waals surface area contributed by atoms with Crippen molar-refractivity contribution >= 4 is 0 Å². The zero-order valence-electron chi connectivity index (χ0n) is 6.49. The van der Waals surface area contributed by atoms with E-state index in [0.717, 1.165) is 12.8 Å². The van der Waals surface area contributed by atoms with Crippen LogP contribution in [0.2, 0.25) is 0 Å². The first-order chi connectivity index (χ1) is 5.21. The van der Waals surface area contributed by atoms with Gasteiger partial charge in [0.25, 0.3) is 0 Å². The van der Waals surface area contributed by atoms with Gasteiger partial charge in [-0.25, -0.2) is 0 Å². The topological polar surface area (TPSA) is 49.7 Å². The Balaban J connectivity index is 2.08. The summed E-state index contributed by atoms with van der Waals surface area (Å²) in [6, 6.07) is 0. The molecule has 2 rings (SSSR count). The van der Waals surface area contributed by atoms with Gasteiger partial charge in [0.2, 0.25) is 0 Å². The molecule has 3 atom stereocenters. The van der Waals surface area contributed by atoms with E-state index in [2.05, 4.69) is 0 Å². The zero-order valence-corrected chi connectivity index (χ0v) is 6.49. The van der Waals surface area contributed by atoms with Crippen LogP contribution in [0.4, 0.5) is 0 Å². The number of hydrogen-bond donors (Lipinski definition) is 2. The summed E-state index contributed by atoms with van der Waals surface area (Å²) in [5.41, 5.74) is -0.612. The molecule has 1 saturated heterocycles. The Morgan fingerprint density at radius 3 is 3.00 bits per heavy atom. The van der Waals surface area contributed by atoms with Gasteiger partial charge < -0.3 is 14.9 Å². The molecule has 3 heteroatoms. The van der Waals surface area contributed by atoms with E-state index in [-0.39, 0.29) is 12.2 Å². The summed E-state index contributed by atoms with van der Waals surface area (Å²) in [6.07, 6.45) is 2.39. The average molecular weight is 158 g/mol. The molecule has 1 heterocycles. The monoisotopic (exact) mass is 158 g/mol. The molecule has 0 aromatic carbocycles. The van der Waals surface area contributed by atoms with E-state index in [4.69, 9.17) is 4.74 Å². The molecular weight excluding hydrogens is 144 g/mol. The molecule has 1 aliphatic carbocycles. The van der Waals surface area contributed by atoms with Crippen LogP contribution in [-0.2, 0) is 4.74 Å². The Morgan fingerprint density at radius 1 is 1.36 bits per heavy atom. The molecule has 0 aromatic rings. The van der Waals surface area contributed by atoms with Crippen LogP contribution in [0.15, 0.2) is 0 Å². The number of rotatable bonds is 0. The zero-order chi connectivity index (χ0) is 7.90. The maximum Gasteiger partial charge on any atom is 0.0932 e. The molecular formula is C8H14O3. The second-order valence-corrected chi connectivity index (χ2v) is 3.64. The predicted octanol–water partition coefficient (Wildman–Crippen LogP) is 0.0512. The van der Waals surface area contributed by atoms with Crippen LogP contribution in [0.1, 0.15) is 25.7 Å². The Kier molecular flexibility index (Phi) is 1.67. The summed E-state index contributed by atoms with van der Waals surface area (Å²) in [4.78, 5) is 0. The van der Waals surface area contributed by atoms with Crippen LogP contribution >= 0.6 is 0 Å². The van der Waals surface area contributed by atoms with Gasteiger partial charge in [-0.3, -0.25) is 0 Å². The first-order valence-corrected chi connectivity index (χ1v) is 4.23. The van der Waals surface area contributed by atoms with Gasteiger partial charge in [-0.15, -0.1) is 0 Å². The molecule has 1 aliphatic heterocycles. The maximum absolute atomic E-state index is 9.89. The fourth-order valence-electron chi connectivity index (χ4n) is 2.05. The number of fused-ring (bicyclic) bond motifs is 1. The van der Waals surface area contributed by atoms with Crippen LogP contribution < -0.4 is 0 Å². The lowest BCUT2D eigenvalue weighted by molar-refractivity contribution is -0.0935. The van der Waals surface area contributed by atoms with Crippen molar-refractivity contribution < 1.29 is 14.9 Å². The summed E-state index contributed by atoms with van der Waals surface area (Å²) in [6.45, 7) is 0.647. The minimum Gasteiger partial charge on any atom is -0.393 e. The smallest absolute Gasteiger partial charge is 0.0932 e. The second kappa shape index (κ2) is 2.44. The van der Waals surface area contributed by atoms with Crippen molar-refractivity contribution in [1.82, 2.24) is 0 Å². The largest absolute Gasteiger partial charge is 0.393 e. The van der Waals surface area contributed by atoms with Crippen molar-refractivity contribution in [2.45, 2.75) is 43.5 Å². The number of hydrogen-bond acceptors (Lipinski definition) is 3. The fourth-order valence-corrected chi connectivity index (χ4v) is 2.05. The van der Waals surface area contributed by atoms with E-state index in [1.54, 1.807) is 0 Å². The van der Waals surface area contributed by atoms with Crippen molar-refractivity contribution in [1.29, 1.82) is 0 Å². The van der Waals surface area contributed by atoms with E-state index < -0.39 is 5.60 Å². The van der Waals surface area contributed by atoms with Gasteiger partial charge in [0.05, 0.1) is 17.8 Å². The van der Waals surface area contributed by atoms with Gasteiger partial charge in [0, 0.05) is 19.4 Å². The molecule has 0 spiro atoms. The Hall–Kier alpha value is -0.120. The minimum atomic E-state index is -0.612. The van der Waals surface area contributed by atoms with Crippen molar-refractivity contribution in [3.8, 4) is 0 Å². The highest BCUT2D eigenvalue weighted by Gasteiger charge is 2.46. The third kappa shape index (κ3) is 1.17. The van der Waals surface area contributed by atoms with Gasteiger partial charge in [-0.05, 0) is 12.8 Å². The minimum absolute atomic E-state index is 0.105. The van der Waals surface area contributed by atoms with Gasteiger partial charge >= 0.3 is 0 Å². The molecule has 2 aliphatic rings. The molecule has 3 nitrogen and oxygen atoms in total. The summed E-state index contributed by atoms with van der Waals surface area (Å²) in [7, 11) is 0. The van der Waals surface area contributed by atoms with Gasteiger partial charge in [0.1, 0.15) is 0 Å². The lowest BCUT2D eigenvalue weighted by Crippen LogP contribution is -2.44. The molecule has 0 amide bonds. The second-order valence-electron chi connectivity index (χ2n) is 3.64. The van der Waals surface area contributed by atoms with Crippen molar-refractivity contribution in [3.63, 3.8) is 0 Å². The molecule has 2 fully saturated rings. The molecule has 0 radical (unpaired) electrons. The van der Waals surface area contributed by atoms with Crippen LogP contribution in [0.3, 0.4) is 0 Å². The van der Waals surface area contributed by atoms with Gasteiger partial charge in [0.15, 0.2) is 0 Å². The Bertz CT molecular complexity index is 159. The van der Waals surface area contributed by atoms with Crippen LogP contribution in [-0.4, -0.2) is 34.6 Å². The molecule has 0 bridgehead atoms. The molecule has 11 heavy (non-hydrogen) atoms. The Labute approximate surface area is 66.0 Å². The van der Waals surface area contributed by atoms with E-state index in [0.29, 0.717) is 19.4 Å². The van der Waals surface area contributed by atoms with Crippen molar-refractivity contribution in [2.75, 3.05) is 6.61 Å². The van der Waals surface area contributed by atoms with Crippen LogP contribution in [0.5, 0.6) is 0 Å². The normalized spacial score (nSPS) is 50.7. The average Bonchev–Trinajstić information content (AvgIpc) is 2.31. The van der Waals surface area contributed by atoms with Gasteiger partial charge in [-0.1, -0.05) is 0 Å². The van der Waals surface area contributed by atoms with E-state index in [1.165, 1.54) is 0 Å². The highest BCUT2D eigenvalue weighted by Crippen LogP contribution is 2.37. The summed E-state index contributed by atoms with van der Waals surface area (Å²) < 4.78 is 5.32. The number of ether oxygens (including phenoxy) is 1. The summed E-state index contributed by atoms with van der Waals surface area (Å²) in [5.74, 6) is 0. The standard InChI is InChI=1S/C8H14O3/c9-6-1-2-8(10)3-4-11-7(8)5-6/h6-7,9-10H,1-5H2/t6-,7+,8-/m0/s1. The first kappa shape index (κ1) is 7.53. The fraction of sp³-hybridized carbons (Fsp3) is 1.00. The maximum atomic E-state index is 9.89. The van der Waals surface area contributed by atoms with Crippen LogP contribution in [0.25, 0.3) is 0 Å². The third-order valence-corrected chi connectivity index (χ3v) is 2.85. The quantitative estimate of drug-likeness (QED) is 0.523. The lowest BCUT2D eigenvalue weighted by atomic mass is 9.80. The van der Waals surface area contributed by atoms with E-state index in [1.807, 2.05) is 0 Å². The molecule has 0 aromatic heterocycles. The summed E-state index contributed by atoms with van der Waals surface area (Å²) in [5, 5.41) is 19.2. The molecule has 2 N–H and O–H groups in total. The SMILES string of the molecule is O[C@H]1CC[C@]2(O)CCO[C@@H]2C1. The van der Waals surface area contributed by atoms with E-state index >= 15 is 0 Å². The predicted molar refractivity (Wildman–Crippen MR) is 39.2 cm³/mol. The highest BCUT2D eigenvalue weighted by atomic mass is 16.5. The number of aliphatic hydroxyl groups excluding tert-OH is 1. The number of aliphatic hydroxyl groups is 2. The lowest BCUT2D eigenvalue weighted by Gasteiger charge is -2.35. The van der Waals surface area contributed by atoms with Gasteiger partial charge in [-0.2, -0.15) is 0 Å². The van der Waals surface area contributed by atoms with E-state index in [9.17, 15) is 10.2 Å². The van der Waals surface area contributed by atoms with Crippen molar-refractivity contribution in [2.24, 2.45) is 0 Å². The highest BCUT2D eigenvalue weighted by molar-refractivity contribution is 4.97. The van der Waals surface area contributed by atoms with Crippen molar-refractivity contribution in [3.05, 3.63) is 0 Å².